The number of benzene rings is 1. The first-order valence-corrected chi connectivity index (χ1v) is 7.34. The highest BCUT2D eigenvalue weighted by Gasteiger charge is 2.08. The predicted octanol–water partition coefficient (Wildman–Crippen LogP) is 4.39. The zero-order valence-electron chi connectivity index (χ0n) is 12.9. The maximum absolute atomic E-state index is 5.94. The van der Waals surface area contributed by atoms with E-state index in [-0.39, 0.29) is 0 Å². The molecule has 112 valence electrons. The first-order chi connectivity index (χ1) is 10.2. The van der Waals surface area contributed by atoms with Gasteiger partial charge in [-0.15, -0.1) is 0 Å². The Hall–Kier alpha value is -2.00. The van der Waals surface area contributed by atoms with Gasteiger partial charge < -0.3 is 14.5 Å². The molecule has 0 spiro atoms. The van der Waals surface area contributed by atoms with Crippen LogP contribution in [0.25, 0.3) is 6.08 Å². The molecule has 0 atom stereocenters. The van der Waals surface area contributed by atoms with Gasteiger partial charge in [-0.25, -0.2) is 0 Å². The Morgan fingerprint density at radius 1 is 1.24 bits per heavy atom. The van der Waals surface area contributed by atoms with Crippen LogP contribution in [-0.4, -0.2) is 6.04 Å². The van der Waals surface area contributed by atoms with E-state index in [9.17, 15) is 0 Å². The average molecular weight is 285 g/mol. The van der Waals surface area contributed by atoms with Crippen LogP contribution in [0.2, 0.25) is 0 Å². The molecule has 2 rings (SSSR count). The SMILES string of the molecule is CC=Cc1ccccc1OCc1ccoc1CNC(C)C. The van der Waals surface area contributed by atoms with Crippen molar-refractivity contribution in [2.45, 2.75) is 40.0 Å². The number of hydrogen-bond donors (Lipinski definition) is 1. The molecule has 0 saturated carbocycles. The van der Waals surface area contributed by atoms with E-state index in [1.165, 1.54) is 0 Å². The van der Waals surface area contributed by atoms with E-state index < -0.39 is 0 Å². The van der Waals surface area contributed by atoms with Crippen LogP contribution in [0.1, 0.15) is 37.7 Å². The topological polar surface area (TPSA) is 34.4 Å². The molecular weight excluding hydrogens is 262 g/mol. The van der Waals surface area contributed by atoms with Gasteiger partial charge in [0.25, 0.3) is 0 Å². The lowest BCUT2D eigenvalue weighted by Gasteiger charge is -2.10. The first-order valence-electron chi connectivity index (χ1n) is 7.34. The van der Waals surface area contributed by atoms with Crippen LogP contribution in [0.15, 0.2) is 47.1 Å². The minimum Gasteiger partial charge on any atom is -0.488 e. The van der Waals surface area contributed by atoms with Gasteiger partial charge in [-0.05, 0) is 19.1 Å². The highest BCUT2D eigenvalue weighted by Crippen LogP contribution is 2.22. The summed E-state index contributed by atoms with van der Waals surface area (Å²) in [7, 11) is 0. The molecule has 21 heavy (non-hydrogen) atoms. The normalized spacial score (nSPS) is 11.4. The van der Waals surface area contributed by atoms with Crippen molar-refractivity contribution in [1.29, 1.82) is 0 Å². The van der Waals surface area contributed by atoms with E-state index in [4.69, 9.17) is 9.15 Å². The Kier molecular flexibility index (Phi) is 5.64. The van der Waals surface area contributed by atoms with Crippen molar-refractivity contribution in [3.63, 3.8) is 0 Å². The van der Waals surface area contributed by atoms with Gasteiger partial charge in [0.15, 0.2) is 0 Å². The molecule has 3 nitrogen and oxygen atoms in total. The maximum Gasteiger partial charge on any atom is 0.127 e. The minimum atomic E-state index is 0.430. The quantitative estimate of drug-likeness (QED) is 0.819. The summed E-state index contributed by atoms with van der Waals surface area (Å²) in [5, 5.41) is 3.36. The van der Waals surface area contributed by atoms with Crippen molar-refractivity contribution in [1.82, 2.24) is 5.32 Å². The fraction of sp³-hybridized carbons (Fsp3) is 0.333. The highest BCUT2D eigenvalue weighted by atomic mass is 16.5. The Bertz CT molecular complexity index is 584. The number of hydrogen-bond acceptors (Lipinski definition) is 3. The Morgan fingerprint density at radius 3 is 2.81 bits per heavy atom. The van der Waals surface area contributed by atoms with E-state index in [2.05, 4.69) is 19.2 Å². The van der Waals surface area contributed by atoms with Crippen LogP contribution in [0.4, 0.5) is 0 Å². The van der Waals surface area contributed by atoms with Gasteiger partial charge in [-0.3, -0.25) is 0 Å². The van der Waals surface area contributed by atoms with Crippen LogP contribution in [0.5, 0.6) is 5.75 Å². The molecule has 0 aliphatic carbocycles. The summed E-state index contributed by atoms with van der Waals surface area (Å²) in [5.41, 5.74) is 2.17. The zero-order valence-corrected chi connectivity index (χ0v) is 12.9. The fourth-order valence-electron chi connectivity index (χ4n) is 2.03. The van der Waals surface area contributed by atoms with Crippen molar-refractivity contribution in [3.8, 4) is 5.75 Å². The maximum atomic E-state index is 5.94. The van der Waals surface area contributed by atoms with Crippen LogP contribution in [0.3, 0.4) is 0 Å². The minimum absolute atomic E-state index is 0.430. The predicted molar refractivity (Wildman–Crippen MR) is 86.2 cm³/mol. The molecule has 0 aliphatic rings. The summed E-state index contributed by atoms with van der Waals surface area (Å²) < 4.78 is 11.5. The summed E-state index contributed by atoms with van der Waals surface area (Å²) >= 11 is 0. The average Bonchev–Trinajstić information content (AvgIpc) is 2.92. The molecule has 0 fully saturated rings. The summed E-state index contributed by atoms with van der Waals surface area (Å²) in [6, 6.07) is 10.4. The number of allylic oxidation sites excluding steroid dienone is 1. The second-order valence-electron chi connectivity index (χ2n) is 5.23. The third kappa shape index (κ3) is 4.50. The van der Waals surface area contributed by atoms with Gasteiger partial charge in [-0.1, -0.05) is 44.2 Å². The van der Waals surface area contributed by atoms with Crippen molar-refractivity contribution in [2.75, 3.05) is 0 Å². The van der Waals surface area contributed by atoms with Gasteiger partial charge in [-0.2, -0.15) is 0 Å². The molecular formula is C18H23NO2. The number of rotatable bonds is 7. The molecule has 0 bridgehead atoms. The molecule has 1 aromatic carbocycles. The van der Waals surface area contributed by atoms with Crippen LogP contribution >= 0.6 is 0 Å². The van der Waals surface area contributed by atoms with Crippen molar-refractivity contribution < 1.29 is 9.15 Å². The Balaban J connectivity index is 2.02. The van der Waals surface area contributed by atoms with E-state index in [0.29, 0.717) is 12.6 Å². The molecule has 0 radical (unpaired) electrons. The van der Waals surface area contributed by atoms with Crippen molar-refractivity contribution in [2.24, 2.45) is 0 Å². The lowest BCUT2D eigenvalue weighted by molar-refractivity contribution is 0.300. The molecule has 1 heterocycles. The molecule has 2 aromatic rings. The largest absolute Gasteiger partial charge is 0.488 e. The van der Waals surface area contributed by atoms with Gasteiger partial charge in [0, 0.05) is 17.2 Å². The number of para-hydroxylation sites is 1. The van der Waals surface area contributed by atoms with Crippen LogP contribution in [-0.2, 0) is 13.2 Å². The monoisotopic (exact) mass is 285 g/mol. The molecule has 0 aliphatic heterocycles. The number of ether oxygens (including phenoxy) is 1. The van der Waals surface area contributed by atoms with Gasteiger partial charge >= 0.3 is 0 Å². The van der Waals surface area contributed by atoms with Crippen molar-refractivity contribution >= 4 is 6.08 Å². The summed E-state index contributed by atoms with van der Waals surface area (Å²) in [5.74, 6) is 1.83. The second kappa shape index (κ2) is 7.70. The van der Waals surface area contributed by atoms with E-state index >= 15 is 0 Å². The zero-order chi connectivity index (χ0) is 15.1. The van der Waals surface area contributed by atoms with Gasteiger partial charge in [0.2, 0.25) is 0 Å². The lowest BCUT2D eigenvalue weighted by Crippen LogP contribution is -2.22. The lowest BCUT2D eigenvalue weighted by atomic mass is 10.2. The standard InChI is InChI=1S/C18H23NO2/c1-4-7-15-8-5-6-9-17(15)21-13-16-10-11-20-18(16)12-19-14(2)3/h4-11,14,19H,12-13H2,1-3H3. The van der Waals surface area contributed by atoms with E-state index in [0.717, 1.165) is 29.2 Å². The first kappa shape index (κ1) is 15.4. The molecule has 3 heteroatoms. The Morgan fingerprint density at radius 2 is 2.05 bits per heavy atom. The summed E-state index contributed by atoms with van der Waals surface area (Å²) in [4.78, 5) is 0. The van der Waals surface area contributed by atoms with E-state index in [1.54, 1.807) is 6.26 Å². The number of nitrogens with one attached hydrogen (secondary N) is 1. The smallest absolute Gasteiger partial charge is 0.127 e. The number of furan rings is 1. The molecule has 0 unspecified atom stereocenters. The molecule has 0 amide bonds. The molecule has 0 saturated heterocycles. The Labute approximate surface area is 126 Å². The van der Waals surface area contributed by atoms with Crippen LogP contribution in [0, 0.1) is 0 Å². The molecule has 1 aromatic heterocycles. The third-order valence-corrected chi connectivity index (χ3v) is 3.16. The van der Waals surface area contributed by atoms with Crippen molar-refractivity contribution in [3.05, 3.63) is 59.6 Å². The summed E-state index contributed by atoms with van der Waals surface area (Å²) in [6.07, 6.45) is 5.78. The highest BCUT2D eigenvalue weighted by molar-refractivity contribution is 5.56. The van der Waals surface area contributed by atoms with Gasteiger partial charge in [0.1, 0.15) is 18.1 Å². The third-order valence-electron chi connectivity index (χ3n) is 3.16. The fourth-order valence-corrected chi connectivity index (χ4v) is 2.03. The van der Waals surface area contributed by atoms with Crippen LogP contribution < -0.4 is 10.1 Å². The molecule has 1 N–H and O–H groups in total. The van der Waals surface area contributed by atoms with E-state index in [1.807, 2.05) is 49.4 Å². The van der Waals surface area contributed by atoms with Gasteiger partial charge in [0.05, 0.1) is 12.8 Å². The summed E-state index contributed by atoms with van der Waals surface area (Å²) in [6.45, 7) is 7.47. The second-order valence-corrected chi connectivity index (χ2v) is 5.23.